The van der Waals surface area contributed by atoms with Gasteiger partial charge in [0.25, 0.3) is 0 Å². The van der Waals surface area contributed by atoms with Crippen molar-refractivity contribution in [1.82, 2.24) is 0 Å². The first-order valence-electron chi connectivity index (χ1n) is 24.2. The summed E-state index contributed by atoms with van der Waals surface area (Å²) >= 11 is 0. The smallest absolute Gasteiger partial charge is 0.726 e. The molecule has 0 bridgehead atoms. The molecule has 0 aliphatic rings. The molecule has 0 aromatic heterocycles. The van der Waals surface area contributed by atoms with Crippen LogP contribution in [0, 0.1) is 11.8 Å². The van der Waals surface area contributed by atoms with E-state index in [2.05, 4.69) is 36.1 Å². The molecule has 0 spiro atoms. The second-order valence-electron chi connectivity index (χ2n) is 16.9. The predicted octanol–water partition coefficient (Wildman–Crippen LogP) is 14.7. The Morgan fingerprint density at radius 3 is 0.632 bits per heavy atom. The summed E-state index contributed by atoms with van der Waals surface area (Å²) in [6.45, 7) is 9.08. The van der Waals surface area contributed by atoms with Crippen molar-refractivity contribution in [3.05, 3.63) is 0 Å². The average molecular weight is 879 g/mol. The Kier molecular flexibility index (Phi) is 52.5. The van der Waals surface area contributed by atoms with E-state index in [0.29, 0.717) is 0 Å². The van der Waals surface area contributed by atoms with Crippen molar-refractivity contribution >= 4 is 58.5 Å². The maximum Gasteiger partial charge on any atom is 2.00 e. The molecule has 0 rings (SSSR count). The van der Waals surface area contributed by atoms with Crippen LogP contribution >= 0.6 is 0 Å². The molecule has 0 aliphatic carbocycles. The van der Waals surface area contributed by atoms with Crippen LogP contribution < -0.4 is 0 Å². The normalized spacial score (nSPS) is 12.9. The maximum atomic E-state index is 10.8. The molecule has 8 nitrogen and oxygen atoms in total. The van der Waals surface area contributed by atoms with Gasteiger partial charge in [-0.2, -0.15) is 0 Å². The summed E-state index contributed by atoms with van der Waals surface area (Å²) in [5.74, 6) is 0.404. The van der Waals surface area contributed by atoms with E-state index in [-0.39, 0.29) is 62.8 Å². The zero-order valence-electron chi connectivity index (χ0n) is 38.2. The molecule has 0 fully saturated rings. The van der Waals surface area contributed by atoms with E-state index in [9.17, 15) is 25.9 Å². The van der Waals surface area contributed by atoms with Gasteiger partial charge in [-0.05, 0) is 37.5 Å². The molecular formula is C46H94CaO8S2. The molecule has 57 heavy (non-hydrogen) atoms. The largest absolute Gasteiger partial charge is 2.00 e. The van der Waals surface area contributed by atoms with E-state index in [1.54, 1.807) is 0 Å². The Hall–Kier alpha value is 1.000. The minimum Gasteiger partial charge on any atom is -0.726 e. The molecule has 0 saturated carbocycles. The van der Waals surface area contributed by atoms with Gasteiger partial charge in [-0.25, -0.2) is 16.8 Å². The molecule has 0 heterocycles. The molecule has 340 valence electrons. The molecule has 2 unspecified atom stereocenters. The zero-order valence-corrected chi connectivity index (χ0v) is 42.1. The summed E-state index contributed by atoms with van der Waals surface area (Å²) in [5, 5.41) is 0. The topological polar surface area (TPSA) is 133 Å². The maximum absolute atomic E-state index is 10.8. The molecule has 0 amide bonds. The summed E-state index contributed by atoms with van der Waals surface area (Å²) in [6.07, 6.45) is 47.4. The van der Waals surface area contributed by atoms with Crippen molar-refractivity contribution in [2.75, 3.05) is 13.2 Å². The fourth-order valence-electron chi connectivity index (χ4n) is 7.60. The number of rotatable bonds is 44. The van der Waals surface area contributed by atoms with Crippen LogP contribution in [0.1, 0.15) is 272 Å². The van der Waals surface area contributed by atoms with Crippen molar-refractivity contribution in [3.8, 4) is 0 Å². The van der Waals surface area contributed by atoms with Gasteiger partial charge in [-0.15, -0.1) is 0 Å². The summed E-state index contributed by atoms with van der Waals surface area (Å²) in [7, 11) is -9.13. The first-order chi connectivity index (χ1) is 27.0. The van der Waals surface area contributed by atoms with Crippen molar-refractivity contribution < 1.29 is 34.3 Å². The second-order valence-corrected chi connectivity index (χ2v) is 19.0. The third-order valence-corrected chi connectivity index (χ3v) is 12.1. The van der Waals surface area contributed by atoms with Crippen LogP contribution in [-0.4, -0.2) is 76.9 Å². The van der Waals surface area contributed by atoms with Gasteiger partial charge in [0.1, 0.15) is 0 Å². The van der Waals surface area contributed by atoms with Gasteiger partial charge in [-0.3, -0.25) is 8.37 Å². The average Bonchev–Trinajstić information content (AvgIpc) is 3.15. The quantitative estimate of drug-likeness (QED) is 0.0256. The Labute approximate surface area is 386 Å². The number of hydrogen-bond acceptors (Lipinski definition) is 8. The van der Waals surface area contributed by atoms with Crippen LogP contribution in [0.4, 0.5) is 0 Å². The van der Waals surface area contributed by atoms with E-state index in [4.69, 9.17) is 0 Å². The van der Waals surface area contributed by atoms with E-state index < -0.39 is 20.8 Å². The monoisotopic (exact) mass is 879 g/mol. The van der Waals surface area contributed by atoms with Crippen LogP contribution in [0.3, 0.4) is 0 Å². The van der Waals surface area contributed by atoms with E-state index in [1.807, 2.05) is 0 Å². The van der Waals surface area contributed by atoms with Crippen LogP contribution in [0.5, 0.6) is 0 Å². The molecule has 2 atom stereocenters. The summed E-state index contributed by atoms with van der Waals surface area (Å²) in [6, 6.07) is 0. The van der Waals surface area contributed by atoms with E-state index >= 15 is 0 Å². The van der Waals surface area contributed by atoms with E-state index in [1.165, 1.54) is 193 Å². The molecule has 0 saturated heterocycles. The van der Waals surface area contributed by atoms with Gasteiger partial charge in [0.15, 0.2) is 0 Å². The molecule has 0 aromatic rings. The predicted molar refractivity (Wildman–Crippen MR) is 242 cm³/mol. The first-order valence-corrected chi connectivity index (χ1v) is 26.9. The fraction of sp³-hybridized carbons (Fsp3) is 1.00. The summed E-state index contributed by atoms with van der Waals surface area (Å²) in [5.41, 5.74) is 0. The van der Waals surface area contributed by atoms with Gasteiger partial charge in [0.2, 0.25) is 20.8 Å². The third kappa shape index (κ3) is 57.0. The number of hydrogen-bond donors (Lipinski definition) is 0. The van der Waals surface area contributed by atoms with Crippen molar-refractivity contribution in [2.45, 2.75) is 272 Å². The molecule has 0 N–H and O–H groups in total. The SMILES string of the molecule is CCCCCCCCCCCCC(CCCCCCCCC)COS(=O)(=O)[O-].CCCCCCCCCCCCC(CCCCCCCCC)COS(=O)(=O)[O-].[Ca+2]. The van der Waals surface area contributed by atoms with Gasteiger partial charge >= 0.3 is 37.7 Å². The summed E-state index contributed by atoms with van der Waals surface area (Å²) < 4.78 is 73.8. The Morgan fingerprint density at radius 2 is 0.474 bits per heavy atom. The fourth-order valence-corrected chi connectivity index (χ4v) is 8.32. The van der Waals surface area contributed by atoms with Crippen molar-refractivity contribution in [2.24, 2.45) is 11.8 Å². The van der Waals surface area contributed by atoms with Crippen LogP contribution in [0.15, 0.2) is 0 Å². The first kappa shape index (κ1) is 62.3. The minimum absolute atomic E-state index is 0. The van der Waals surface area contributed by atoms with Crippen molar-refractivity contribution in [1.29, 1.82) is 0 Å². The molecule has 0 aliphatic heterocycles. The van der Waals surface area contributed by atoms with Gasteiger partial charge < -0.3 is 9.11 Å². The van der Waals surface area contributed by atoms with Crippen molar-refractivity contribution in [3.63, 3.8) is 0 Å². The Morgan fingerprint density at radius 1 is 0.316 bits per heavy atom. The van der Waals surface area contributed by atoms with Crippen LogP contribution in [-0.2, 0) is 29.2 Å². The molecule has 11 heteroatoms. The van der Waals surface area contributed by atoms with Crippen LogP contribution in [0.2, 0.25) is 0 Å². The zero-order chi connectivity index (χ0) is 41.9. The Bertz CT molecular complexity index is 903. The molecule has 0 aromatic carbocycles. The van der Waals surface area contributed by atoms with Gasteiger partial charge in [0, 0.05) is 0 Å². The number of unbranched alkanes of at least 4 members (excludes halogenated alkanes) is 30. The molecule has 0 radical (unpaired) electrons. The Balaban J connectivity index is -0.00000101. The van der Waals surface area contributed by atoms with E-state index in [0.717, 1.165) is 51.4 Å². The second kappa shape index (κ2) is 48.0. The van der Waals surface area contributed by atoms with Gasteiger partial charge in [-0.1, -0.05) is 246 Å². The minimum atomic E-state index is -4.57. The molecular weight excluding hydrogens is 785 g/mol. The third-order valence-electron chi connectivity index (χ3n) is 11.3. The standard InChI is InChI=1S/2C23H48O4S.Ca/c2*1-3-5-7-9-11-12-13-15-17-19-21-23(22-27-28(24,25)26)20-18-16-14-10-8-6-4-2;/h2*23H,3-22H2,1-2H3,(H,24,25,26);/q;;+2/p-2. The van der Waals surface area contributed by atoms with Gasteiger partial charge in [0.05, 0.1) is 13.2 Å². The van der Waals surface area contributed by atoms with Crippen LogP contribution in [0.25, 0.3) is 0 Å². The summed E-state index contributed by atoms with van der Waals surface area (Å²) in [4.78, 5) is 0.